The van der Waals surface area contributed by atoms with Crippen molar-refractivity contribution >= 4 is 16.7 Å². The maximum absolute atomic E-state index is 12.6. The average molecular weight is 354 g/mol. The molecule has 26 heavy (non-hydrogen) atoms. The summed E-state index contributed by atoms with van der Waals surface area (Å²) < 4.78 is 5.89. The maximum atomic E-state index is 12.6. The minimum absolute atomic E-state index is 0.0942. The molecule has 0 saturated carbocycles. The van der Waals surface area contributed by atoms with Crippen LogP contribution in [0.2, 0.25) is 0 Å². The molecular weight excluding hydrogens is 324 g/mol. The van der Waals surface area contributed by atoms with Gasteiger partial charge >= 0.3 is 0 Å². The number of benzene rings is 2. The molecule has 0 aromatic heterocycles. The van der Waals surface area contributed by atoms with Crippen molar-refractivity contribution in [3.05, 3.63) is 42.5 Å². The first-order chi connectivity index (χ1) is 12.7. The van der Waals surface area contributed by atoms with E-state index in [0.717, 1.165) is 49.0 Å². The van der Waals surface area contributed by atoms with Crippen molar-refractivity contribution in [2.45, 2.75) is 38.6 Å². The van der Waals surface area contributed by atoms with Crippen molar-refractivity contribution < 1.29 is 9.53 Å². The van der Waals surface area contributed by atoms with Crippen molar-refractivity contribution in [1.29, 1.82) is 0 Å². The summed E-state index contributed by atoms with van der Waals surface area (Å²) in [5, 5.41) is 2.19. The van der Waals surface area contributed by atoms with Gasteiger partial charge < -0.3 is 14.5 Å². The van der Waals surface area contributed by atoms with Crippen molar-refractivity contribution in [3.63, 3.8) is 0 Å². The van der Waals surface area contributed by atoms with E-state index in [4.69, 9.17) is 4.74 Å². The highest BCUT2D eigenvalue weighted by Gasteiger charge is 2.23. The lowest BCUT2D eigenvalue weighted by molar-refractivity contribution is -0.133. The molecule has 1 heterocycles. The normalized spacial score (nSPS) is 18.1. The summed E-state index contributed by atoms with van der Waals surface area (Å²) in [6.45, 7) is 5.13. The van der Waals surface area contributed by atoms with E-state index in [-0.39, 0.29) is 12.5 Å². The van der Waals surface area contributed by atoms with Gasteiger partial charge in [-0.25, -0.2) is 0 Å². The first-order valence-electron chi connectivity index (χ1n) is 9.77. The quantitative estimate of drug-likeness (QED) is 0.788. The molecule has 4 nitrogen and oxygen atoms in total. The highest BCUT2D eigenvalue weighted by Crippen LogP contribution is 2.25. The molecular formula is C22H30N2O2. The molecule has 1 amide bonds. The predicted molar refractivity (Wildman–Crippen MR) is 107 cm³/mol. The topological polar surface area (TPSA) is 32.8 Å². The van der Waals surface area contributed by atoms with Crippen molar-refractivity contribution in [3.8, 4) is 5.75 Å². The number of amides is 1. The van der Waals surface area contributed by atoms with E-state index in [1.807, 2.05) is 35.2 Å². The first kappa shape index (κ1) is 18.7. The molecule has 1 atom stereocenters. The molecule has 0 bridgehead atoms. The molecule has 140 valence electrons. The number of nitrogens with zero attached hydrogens (tertiary/aromatic N) is 2. The summed E-state index contributed by atoms with van der Waals surface area (Å²) in [6, 6.07) is 14.7. The van der Waals surface area contributed by atoms with Crippen LogP contribution < -0.4 is 4.74 Å². The molecule has 0 N–H and O–H groups in total. The monoisotopic (exact) mass is 354 g/mol. The first-order valence-corrected chi connectivity index (χ1v) is 9.77. The number of likely N-dealkylation sites (tertiary alicyclic amines) is 1. The van der Waals surface area contributed by atoms with Gasteiger partial charge in [0.1, 0.15) is 5.75 Å². The Morgan fingerprint density at radius 2 is 1.96 bits per heavy atom. The van der Waals surface area contributed by atoms with E-state index < -0.39 is 0 Å². The van der Waals surface area contributed by atoms with Gasteiger partial charge in [-0.2, -0.15) is 0 Å². The van der Waals surface area contributed by atoms with Crippen molar-refractivity contribution in [2.75, 3.05) is 33.3 Å². The van der Waals surface area contributed by atoms with Gasteiger partial charge in [0.25, 0.3) is 5.91 Å². The largest absolute Gasteiger partial charge is 0.483 e. The maximum Gasteiger partial charge on any atom is 0.260 e. The Hall–Kier alpha value is -2.07. The molecule has 0 aliphatic carbocycles. The van der Waals surface area contributed by atoms with E-state index in [1.165, 1.54) is 12.8 Å². The van der Waals surface area contributed by atoms with Gasteiger partial charge in [-0.15, -0.1) is 0 Å². The molecule has 2 aromatic rings. The van der Waals surface area contributed by atoms with Crippen LogP contribution >= 0.6 is 0 Å². The Morgan fingerprint density at radius 1 is 1.15 bits per heavy atom. The van der Waals surface area contributed by atoms with Crippen LogP contribution in [0.1, 0.15) is 32.6 Å². The molecule has 2 aromatic carbocycles. The van der Waals surface area contributed by atoms with Gasteiger partial charge in [0.2, 0.25) is 0 Å². The number of carbonyl (C=O) groups is 1. The van der Waals surface area contributed by atoms with Gasteiger partial charge in [-0.05, 0) is 50.7 Å². The Bertz CT molecular complexity index is 726. The van der Waals surface area contributed by atoms with Crippen LogP contribution in [0.3, 0.4) is 0 Å². The van der Waals surface area contributed by atoms with E-state index in [2.05, 4.69) is 31.0 Å². The third-order valence-electron chi connectivity index (χ3n) is 5.35. The summed E-state index contributed by atoms with van der Waals surface area (Å²) in [5.41, 5.74) is 0. The van der Waals surface area contributed by atoms with E-state index in [0.29, 0.717) is 6.04 Å². The SMILES string of the molecule is CCCN(C)C1CCCN(C(=O)COc2cccc3ccccc23)CC1. The van der Waals surface area contributed by atoms with Gasteiger partial charge in [0.15, 0.2) is 6.61 Å². The zero-order valence-corrected chi connectivity index (χ0v) is 16.0. The standard InChI is InChI=1S/C22H30N2O2/c1-3-14-23(2)19-10-7-15-24(16-13-19)22(25)17-26-21-12-6-9-18-8-4-5-11-20(18)21/h4-6,8-9,11-12,19H,3,7,10,13-17H2,1-2H3. The van der Waals surface area contributed by atoms with Crippen LogP contribution in [-0.4, -0.2) is 55.0 Å². The molecule has 1 unspecified atom stereocenters. The summed E-state index contributed by atoms with van der Waals surface area (Å²) >= 11 is 0. The van der Waals surface area contributed by atoms with Crippen molar-refractivity contribution in [2.24, 2.45) is 0 Å². The number of hydrogen-bond donors (Lipinski definition) is 0. The van der Waals surface area contributed by atoms with Gasteiger partial charge in [0.05, 0.1) is 0 Å². The van der Waals surface area contributed by atoms with Crippen LogP contribution in [0.5, 0.6) is 5.75 Å². The Labute approximate surface area is 156 Å². The Balaban J connectivity index is 1.56. The number of fused-ring (bicyclic) bond motifs is 1. The minimum atomic E-state index is 0.0942. The van der Waals surface area contributed by atoms with Crippen LogP contribution in [0, 0.1) is 0 Å². The van der Waals surface area contributed by atoms with Crippen LogP contribution in [0.25, 0.3) is 10.8 Å². The minimum Gasteiger partial charge on any atom is -0.483 e. The average Bonchev–Trinajstić information content (AvgIpc) is 2.92. The Morgan fingerprint density at radius 3 is 2.81 bits per heavy atom. The van der Waals surface area contributed by atoms with Gasteiger partial charge in [-0.3, -0.25) is 4.79 Å². The fraction of sp³-hybridized carbons (Fsp3) is 0.500. The predicted octanol–water partition coefficient (Wildman–Crippen LogP) is 3.94. The zero-order valence-electron chi connectivity index (χ0n) is 16.0. The van der Waals surface area contributed by atoms with Crippen LogP contribution in [-0.2, 0) is 4.79 Å². The molecule has 0 spiro atoms. The highest BCUT2D eigenvalue weighted by molar-refractivity contribution is 5.88. The molecule has 0 radical (unpaired) electrons. The fourth-order valence-corrected chi connectivity index (χ4v) is 3.86. The summed E-state index contributed by atoms with van der Waals surface area (Å²) in [5.74, 6) is 0.878. The number of ether oxygens (including phenoxy) is 1. The molecule has 1 aliphatic rings. The van der Waals surface area contributed by atoms with Crippen molar-refractivity contribution in [1.82, 2.24) is 9.80 Å². The molecule has 1 aliphatic heterocycles. The van der Waals surface area contributed by atoms with Gasteiger partial charge in [-0.1, -0.05) is 43.3 Å². The number of hydrogen-bond acceptors (Lipinski definition) is 3. The lowest BCUT2D eigenvalue weighted by atomic mass is 10.1. The lowest BCUT2D eigenvalue weighted by Gasteiger charge is -2.26. The third kappa shape index (κ3) is 4.55. The van der Waals surface area contributed by atoms with E-state index in [1.54, 1.807) is 0 Å². The second-order valence-corrected chi connectivity index (χ2v) is 7.21. The van der Waals surface area contributed by atoms with E-state index >= 15 is 0 Å². The summed E-state index contributed by atoms with van der Waals surface area (Å²) in [6.07, 6.45) is 4.47. The summed E-state index contributed by atoms with van der Waals surface area (Å²) in [4.78, 5) is 17.1. The van der Waals surface area contributed by atoms with Crippen LogP contribution in [0.4, 0.5) is 0 Å². The Kier molecular flexibility index (Phi) is 6.51. The molecule has 1 saturated heterocycles. The lowest BCUT2D eigenvalue weighted by Crippen LogP contribution is -2.37. The highest BCUT2D eigenvalue weighted by atomic mass is 16.5. The third-order valence-corrected chi connectivity index (χ3v) is 5.35. The van der Waals surface area contributed by atoms with Gasteiger partial charge in [0, 0.05) is 24.5 Å². The smallest absolute Gasteiger partial charge is 0.260 e. The zero-order chi connectivity index (χ0) is 18.4. The second kappa shape index (κ2) is 9.04. The van der Waals surface area contributed by atoms with Crippen LogP contribution in [0.15, 0.2) is 42.5 Å². The molecule has 3 rings (SSSR count). The molecule has 1 fully saturated rings. The number of rotatable bonds is 6. The molecule has 4 heteroatoms. The fourth-order valence-electron chi connectivity index (χ4n) is 3.86. The second-order valence-electron chi connectivity index (χ2n) is 7.21. The number of carbonyl (C=O) groups excluding carboxylic acids is 1. The van der Waals surface area contributed by atoms with E-state index in [9.17, 15) is 4.79 Å². The summed E-state index contributed by atoms with van der Waals surface area (Å²) in [7, 11) is 2.20.